The molecule has 154 valence electrons. The Bertz CT molecular complexity index is 864. The smallest absolute Gasteiger partial charge is 0.227 e. The van der Waals surface area contributed by atoms with Gasteiger partial charge in [0.15, 0.2) is 0 Å². The van der Waals surface area contributed by atoms with Crippen molar-refractivity contribution in [3.05, 3.63) is 63.6 Å². The molecule has 2 aliphatic rings. The lowest BCUT2D eigenvalue weighted by Crippen LogP contribution is -2.39. The van der Waals surface area contributed by atoms with Crippen molar-refractivity contribution in [2.75, 3.05) is 27.2 Å². The Morgan fingerprint density at radius 1 is 1.17 bits per heavy atom. The Hall–Kier alpha value is -1.89. The van der Waals surface area contributed by atoms with Crippen LogP contribution in [0, 0.1) is 5.92 Å². The van der Waals surface area contributed by atoms with Crippen LogP contribution in [0.15, 0.2) is 46.9 Å². The number of halogens is 1. The summed E-state index contributed by atoms with van der Waals surface area (Å²) in [6.07, 6.45) is 1.43. The number of carbonyl (C=O) groups is 1. The van der Waals surface area contributed by atoms with Crippen LogP contribution in [0.3, 0.4) is 0 Å². The molecule has 29 heavy (non-hydrogen) atoms. The molecule has 0 aromatic heterocycles. The standard InChI is InChI=1S/C23H27BrN2O3/c1-25(2)22(27)16-8-10-26(11-9-16)14-18-12-20(24)13-19-15-28-23(29-21(18)19)17-6-4-3-5-7-17/h3-7,12-13,16,23H,8-11,14-15H2,1-2H3/t23-/m0/s1. The second-order valence-corrected chi connectivity index (χ2v) is 8.92. The van der Waals surface area contributed by atoms with E-state index in [1.54, 1.807) is 4.90 Å². The molecule has 4 rings (SSSR count). The number of hydrogen-bond acceptors (Lipinski definition) is 4. The van der Waals surface area contributed by atoms with Gasteiger partial charge in [0.2, 0.25) is 12.2 Å². The first-order valence-corrected chi connectivity index (χ1v) is 10.9. The number of nitrogens with zero attached hydrogens (tertiary/aromatic N) is 2. The number of rotatable bonds is 4. The largest absolute Gasteiger partial charge is 0.460 e. The van der Waals surface area contributed by atoms with Crippen LogP contribution in [0.4, 0.5) is 0 Å². The highest BCUT2D eigenvalue weighted by molar-refractivity contribution is 9.10. The van der Waals surface area contributed by atoms with Crippen molar-refractivity contribution < 1.29 is 14.3 Å². The molecular weight excluding hydrogens is 432 g/mol. The van der Waals surface area contributed by atoms with Crippen LogP contribution >= 0.6 is 15.9 Å². The van der Waals surface area contributed by atoms with Gasteiger partial charge in [-0.3, -0.25) is 9.69 Å². The van der Waals surface area contributed by atoms with E-state index in [4.69, 9.17) is 9.47 Å². The van der Waals surface area contributed by atoms with Crippen molar-refractivity contribution in [3.63, 3.8) is 0 Å². The maximum atomic E-state index is 12.2. The highest BCUT2D eigenvalue weighted by Gasteiger charge is 2.29. The Labute approximate surface area is 180 Å². The summed E-state index contributed by atoms with van der Waals surface area (Å²) in [6.45, 7) is 3.18. The first kappa shape index (κ1) is 20.4. The van der Waals surface area contributed by atoms with Crippen molar-refractivity contribution in [1.29, 1.82) is 0 Å². The zero-order valence-corrected chi connectivity index (χ0v) is 18.5. The van der Waals surface area contributed by atoms with Gasteiger partial charge in [-0.1, -0.05) is 46.3 Å². The van der Waals surface area contributed by atoms with Crippen molar-refractivity contribution in [2.45, 2.75) is 32.3 Å². The molecule has 0 N–H and O–H groups in total. The third kappa shape index (κ3) is 4.65. The number of carbonyl (C=O) groups excluding carboxylic acids is 1. The molecule has 5 nitrogen and oxygen atoms in total. The zero-order valence-electron chi connectivity index (χ0n) is 16.9. The third-order valence-corrected chi connectivity index (χ3v) is 6.12. The van der Waals surface area contributed by atoms with E-state index in [1.807, 2.05) is 44.4 Å². The molecule has 2 aromatic carbocycles. The lowest BCUT2D eigenvalue weighted by molar-refractivity contribution is -0.134. The van der Waals surface area contributed by atoms with Crippen molar-refractivity contribution in [2.24, 2.45) is 5.92 Å². The van der Waals surface area contributed by atoms with E-state index in [0.29, 0.717) is 6.61 Å². The molecular formula is C23H27BrN2O3. The molecule has 1 amide bonds. The summed E-state index contributed by atoms with van der Waals surface area (Å²) in [5, 5.41) is 0. The second kappa shape index (κ2) is 8.86. The highest BCUT2D eigenvalue weighted by atomic mass is 79.9. The summed E-state index contributed by atoms with van der Waals surface area (Å²) >= 11 is 3.63. The molecule has 0 saturated carbocycles. The molecule has 1 atom stereocenters. The molecule has 0 bridgehead atoms. The molecule has 1 saturated heterocycles. The van der Waals surface area contributed by atoms with E-state index in [2.05, 4.69) is 33.0 Å². The SMILES string of the molecule is CN(C)C(=O)C1CCN(Cc2cc(Br)cc3c2O[C@@H](c2ccccc2)OC3)CC1. The number of likely N-dealkylation sites (tertiary alicyclic amines) is 1. The van der Waals surface area contributed by atoms with Crippen molar-refractivity contribution in [3.8, 4) is 5.75 Å². The van der Waals surface area contributed by atoms with E-state index >= 15 is 0 Å². The van der Waals surface area contributed by atoms with Crippen molar-refractivity contribution in [1.82, 2.24) is 9.80 Å². The lowest BCUT2D eigenvalue weighted by atomic mass is 9.95. The molecule has 2 aliphatic heterocycles. The van der Waals surface area contributed by atoms with Gasteiger partial charge in [-0.05, 0) is 38.1 Å². The number of fused-ring (bicyclic) bond motifs is 1. The van der Waals surface area contributed by atoms with E-state index in [1.165, 1.54) is 0 Å². The average Bonchev–Trinajstić information content (AvgIpc) is 2.74. The Kier molecular flexibility index (Phi) is 6.23. The molecule has 0 radical (unpaired) electrons. The predicted octanol–water partition coefficient (Wildman–Crippen LogP) is 4.36. The fourth-order valence-electron chi connectivity index (χ4n) is 4.11. The van der Waals surface area contributed by atoms with Crippen molar-refractivity contribution >= 4 is 21.8 Å². The van der Waals surface area contributed by atoms with E-state index in [9.17, 15) is 4.79 Å². The maximum absolute atomic E-state index is 12.2. The summed E-state index contributed by atoms with van der Waals surface area (Å²) in [5.41, 5.74) is 3.25. The molecule has 0 unspecified atom stereocenters. The minimum atomic E-state index is -0.382. The van der Waals surface area contributed by atoms with Crippen LogP contribution in [0.2, 0.25) is 0 Å². The van der Waals surface area contributed by atoms with Crippen LogP contribution in [-0.2, 0) is 22.7 Å². The van der Waals surface area contributed by atoms with Gasteiger partial charge in [-0.15, -0.1) is 0 Å². The molecule has 0 aliphatic carbocycles. The number of hydrogen-bond donors (Lipinski definition) is 0. The maximum Gasteiger partial charge on any atom is 0.227 e. The van der Waals surface area contributed by atoms with Crippen LogP contribution in [-0.4, -0.2) is 42.9 Å². The summed E-state index contributed by atoms with van der Waals surface area (Å²) in [6, 6.07) is 14.3. The van der Waals surface area contributed by atoms with Gasteiger partial charge in [0, 0.05) is 47.7 Å². The summed E-state index contributed by atoms with van der Waals surface area (Å²) in [7, 11) is 3.68. The minimum absolute atomic E-state index is 0.143. The van der Waals surface area contributed by atoms with Crippen LogP contribution in [0.5, 0.6) is 5.75 Å². The highest BCUT2D eigenvalue weighted by Crippen LogP contribution is 2.38. The predicted molar refractivity (Wildman–Crippen MR) is 115 cm³/mol. The topological polar surface area (TPSA) is 42.0 Å². The fourth-order valence-corrected chi connectivity index (χ4v) is 4.67. The third-order valence-electron chi connectivity index (χ3n) is 5.67. The normalized spacial score (nSPS) is 20.0. The molecule has 2 aromatic rings. The number of amides is 1. The van der Waals surface area contributed by atoms with Gasteiger partial charge >= 0.3 is 0 Å². The summed E-state index contributed by atoms with van der Waals surface area (Å²) in [5.74, 6) is 1.32. The van der Waals surface area contributed by atoms with Gasteiger partial charge in [0.25, 0.3) is 0 Å². The van der Waals surface area contributed by atoms with Gasteiger partial charge < -0.3 is 14.4 Å². The number of piperidine rings is 1. The minimum Gasteiger partial charge on any atom is -0.460 e. The van der Waals surface area contributed by atoms with Gasteiger partial charge in [0.1, 0.15) is 5.75 Å². The number of benzene rings is 2. The van der Waals surface area contributed by atoms with Crippen LogP contribution in [0.1, 0.15) is 35.8 Å². The summed E-state index contributed by atoms with van der Waals surface area (Å²) in [4.78, 5) is 16.4. The summed E-state index contributed by atoms with van der Waals surface area (Å²) < 4.78 is 13.3. The first-order chi connectivity index (χ1) is 14.0. The van der Waals surface area contributed by atoms with E-state index in [0.717, 1.165) is 59.4 Å². The second-order valence-electron chi connectivity index (χ2n) is 8.01. The Balaban J connectivity index is 1.48. The fraction of sp³-hybridized carbons (Fsp3) is 0.435. The van der Waals surface area contributed by atoms with Crippen LogP contribution in [0.25, 0.3) is 0 Å². The quantitative estimate of drug-likeness (QED) is 0.682. The first-order valence-electron chi connectivity index (χ1n) is 10.1. The monoisotopic (exact) mass is 458 g/mol. The molecule has 1 fully saturated rings. The Morgan fingerprint density at radius 2 is 1.90 bits per heavy atom. The zero-order chi connectivity index (χ0) is 20.4. The lowest BCUT2D eigenvalue weighted by Gasteiger charge is -2.34. The van der Waals surface area contributed by atoms with E-state index in [-0.39, 0.29) is 18.1 Å². The Morgan fingerprint density at radius 3 is 2.59 bits per heavy atom. The number of ether oxygens (including phenoxy) is 2. The molecule has 0 spiro atoms. The van der Waals surface area contributed by atoms with Crippen LogP contribution < -0.4 is 4.74 Å². The molecule has 2 heterocycles. The molecule has 6 heteroatoms. The van der Waals surface area contributed by atoms with E-state index < -0.39 is 0 Å². The van der Waals surface area contributed by atoms with Gasteiger partial charge in [-0.2, -0.15) is 0 Å². The van der Waals surface area contributed by atoms with Gasteiger partial charge in [0.05, 0.1) is 6.61 Å². The average molecular weight is 459 g/mol. The van der Waals surface area contributed by atoms with Gasteiger partial charge in [-0.25, -0.2) is 0 Å².